The van der Waals surface area contributed by atoms with Gasteiger partial charge in [-0.15, -0.1) is 0 Å². The van der Waals surface area contributed by atoms with E-state index in [0.717, 1.165) is 25.1 Å². The number of carbonyl (C=O) groups excluding carboxylic acids is 1. The highest BCUT2D eigenvalue weighted by atomic mass is 35.5. The first-order valence-corrected chi connectivity index (χ1v) is 8.11. The van der Waals surface area contributed by atoms with E-state index in [9.17, 15) is 4.79 Å². The molecule has 0 aromatic heterocycles. The molecule has 1 fully saturated rings. The number of benzene rings is 1. The molecule has 0 radical (unpaired) electrons. The lowest BCUT2D eigenvalue weighted by Gasteiger charge is -2.22. The van der Waals surface area contributed by atoms with Gasteiger partial charge in [-0.25, -0.2) is 4.79 Å². The van der Waals surface area contributed by atoms with Crippen molar-refractivity contribution in [3.05, 3.63) is 28.2 Å². The van der Waals surface area contributed by atoms with Gasteiger partial charge in [0.05, 0.1) is 10.0 Å². The van der Waals surface area contributed by atoms with E-state index in [1.165, 1.54) is 0 Å². The Morgan fingerprint density at radius 3 is 2.45 bits per heavy atom. The van der Waals surface area contributed by atoms with Crippen LogP contribution < -0.4 is 10.6 Å². The SMILES string of the molecule is CC(C)(C)OC(=O)NCC1(CNc2ccc(Cl)c(Cl)c2)CC1. The molecule has 1 saturated carbocycles. The largest absolute Gasteiger partial charge is 0.444 e. The van der Waals surface area contributed by atoms with E-state index < -0.39 is 5.60 Å². The lowest BCUT2D eigenvalue weighted by molar-refractivity contribution is 0.0517. The summed E-state index contributed by atoms with van der Waals surface area (Å²) in [5, 5.41) is 7.28. The van der Waals surface area contributed by atoms with Crippen LogP contribution in [0.15, 0.2) is 18.2 Å². The van der Waals surface area contributed by atoms with E-state index in [1.807, 2.05) is 26.8 Å². The lowest BCUT2D eigenvalue weighted by Crippen LogP contribution is -2.37. The molecule has 0 spiro atoms. The Bertz CT molecular complexity index is 552. The van der Waals surface area contributed by atoms with Crippen LogP contribution in [0.25, 0.3) is 0 Å². The fourth-order valence-corrected chi connectivity index (χ4v) is 2.36. The Hall–Kier alpha value is -1.13. The van der Waals surface area contributed by atoms with Crippen LogP contribution in [0.5, 0.6) is 0 Å². The van der Waals surface area contributed by atoms with E-state index in [-0.39, 0.29) is 11.5 Å². The second-order valence-corrected chi connectivity index (χ2v) is 7.65. The molecule has 0 saturated heterocycles. The van der Waals surface area contributed by atoms with Crippen molar-refractivity contribution < 1.29 is 9.53 Å². The molecule has 1 aliphatic rings. The van der Waals surface area contributed by atoms with Crippen LogP contribution in [0, 0.1) is 5.41 Å². The number of carbonyl (C=O) groups is 1. The summed E-state index contributed by atoms with van der Waals surface area (Å²) in [6.45, 7) is 6.94. The molecule has 1 aromatic rings. The van der Waals surface area contributed by atoms with Crippen molar-refractivity contribution >= 4 is 35.0 Å². The van der Waals surface area contributed by atoms with Crippen LogP contribution in [0.2, 0.25) is 10.0 Å². The van der Waals surface area contributed by atoms with Crippen molar-refractivity contribution in [1.29, 1.82) is 0 Å². The number of hydrogen-bond donors (Lipinski definition) is 2. The van der Waals surface area contributed by atoms with Crippen molar-refractivity contribution in [1.82, 2.24) is 5.32 Å². The van der Waals surface area contributed by atoms with Crippen LogP contribution in [0.1, 0.15) is 33.6 Å². The molecule has 2 rings (SSSR count). The summed E-state index contributed by atoms with van der Waals surface area (Å²) in [5.41, 5.74) is 0.556. The predicted octanol–water partition coefficient (Wildman–Crippen LogP) is 4.71. The number of nitrogens with one attached hydrogen (secondary N) is 2. The number of halogens is 2. The van der Waals surface area contributed by atoms with Crippen molar-refractivity contribution in [3.63, 3.8) is 0 Å². The van der Waals surface area contributed by atoms with E-state index >= 15 is 0 Å². The van der Waals surface area contributed by atoms with Crippen LogP contribution >= 0.6 is 23.2 Å². The summed E-state index contributed by atoms with van der Waals surface area (Å²) in [7, 11) is 0. The number of alkyl carbamates (subject to hydrolysis) is 1. The highest BCUT2D eigenvalue weighted by molar-refractivity contribution is 6.42. The summed E-state index contributed by atoms with van der Waals surface area (Å²) in [4.78, 5) is 11.7. The molecule has 4 nitrogen and oxygen atoms in total. The molecule has 1 amide bonds. The molecule has 0 heterocycles. The average molecular weight is 345 g/mol. The quantitative estimate of drug-likeness (QED) is 0.813. The van der Waals surface area contributed by atoms with Crippen molar-refractivity contribution in [3.8, 4) is 0 Å². The summed E-state index contributed by atoms with van der Waals surface area (Å²) in [5.74, 6) is 0. The standard InChI is InChI=1S/C16H22Cl2N2O2/c1-15(2,3)22-14(21)20-10-16(6-7-16)9-19-11-4-5-12(17)13(18)8-11/h4-5,8,19H,6-7,9-10H2,1-3H3,(H,20,21). The van der Waals surface area contributed by atoms with Gasteiger partial charge in [-0.2, -0.15) is 0 Å². The molecule has 1 aliphatic carbocycles. The van der Waals surface area contributed by atoms with E-state index in [4.69, 9.17) is 27.9 Å². The third-order valence-corrected chi connectivity index (χ3v) is 4.29. The molecular formula is C16H22Cl2N2O2. The number of rotatable bonds is 5. The second-order valence-electron chi connectivity index (χ2n) is 6.84. The van der Waals surface area contributed by atoms with Gasteiger partial charge in [-0.1, -0.05) is 23.2 Å². The highest BCUT2D eigenvalue weighted by Gasteiger charge is 2.42. The number of anilines is 1. The van der Waals surface area contributed by atoms with Crippen molar-refractivity contribution in [2.75, 3.05) is 18.4 Å². The first kappa shape index (κ1) is 17.2. The average Bonchev–Trinajstić information content (AvgIpc) is 3.17. The zero-order valence-corrected chi connectivity index (χ0v) is 14.6. The topological polar surface area (TPSA) is 50.4 Å². The molecule has 1 aromatic carbocycles. The zero-order valence-electron chi connectivity index (χ0n) is 13.1. The van der Waals surface area contributed by atoms with Crippen LogP contribution in [-0.2, 0) is 4.74 Å². The Kier molecular flexibility index (Phi) is 5.13. The Morgan fingerprint density at radius 2 is 1.91 bits per heavy atom. The molecule has 0 unspecified atom stereocenters. The van der Waals surface area contributed by atoms with Crippen LogP contribution in [0.4, 0.5) is 10.5 Å². The third kappa shape index (κ3) is 5.25. The maximum Gasteiger partial charge on any atom is 0.407 e. The maximum atomic E-state index is 11.7. The minimum Gasteiger partial charge on any atom is -0.444 e. The molecule has 22 heavy (non-hydrogen) atoms. The minimum absolute atomic E-state index is 0.100. The second kappa shape index (κ2) is 6.55. The summed E-state index contributed by atoms with van der Waals surface area (Å²) in [6.07, 6.45) is 1.79. The van der Waals surface area contributed by atoms with Crippen molar-refractivity contribution in [2.45, 2.75) is 39.2 Å². The number of hydrogen-bond acceptors (Lipinski definition) is 3. The maximum absolute atomic E-state index is 11.7. The molecular weight excluding hydrogens is 323 g/mol. The third-order valence-electron chi connectivity index (χ3n) is 3.55. The fourth-order valence-electron chi connectivity index (χ4n) is 2.06. The summed E-state index contributed by atoms with van der Waals surface area (Å²) >= 11 is 11.9. The van der Waals surface area contributed by atoms with Gasteiger partial charge in [0.15, 0.2) is 0 Å². The Labute approximate surface area is 141 Å². The van der Waals surface area contributed by atoms with Gasteiger partial charge in [0.25, 0.3) is 0 Å². The molecule has 0 bridgehead atoms. The lowest BCUT2D eigenvalue weighted by atomic mass is 10.1. The summed E-state index contributed by atoms with van der Waals surface area (Å²) < 4.78 is 5.25. The molecule has 0 aliphatic heterocycles. The van der Waals surface area contributed by atoms with Gasteiger partial charge >= 0.3 is 6.09 Å². The van der Waals surface area contributed by atoms with E-state index in [1.54, 1.807) is 12.1 Å². The number of ether oxygens (including phenoxy) is 1. The first-order chi connectivity index (χ1) is 10.2. The molecule has 0 atom stereocenters. The van der Waals surface area contributed by atoms with E-state index in [2.05, 4.69) is 10.6 Å². The minimum atomic E-state index is -0.473. The number of amides is 1. The Morgan fingerprint density at radius 1 is 1.23 bits per heavy atom. The fraction of sp³-hybridized carbons (Fsp3) is 0.562. The van der Waals surface area contributed by atoms with Gasteiger partial charge in [0.1, 0.15) is 5.60 Å². The first-order valence-electron chi connectivity index (χ1n) is 7.35. The van der Waals surface area contributed by atoms with Gasteiger partial charge in [0, 0.05) is 24.2 Å². The zero-order chi connectivity index (χ0) is 16.4. The van der Waals surface area contributed by atoms with Crippen LogP contribution in [0.3, 0.4) is 0 Å². The van der Waals surface area contributed by atoms with E-state index in [0.29, 0.717) is 16.6 Å². The normalized spacial score (nSPS) is 16.0. The van der Waals surface area contributed by atoms with Gasteiger partial charge in [-0.05, 0) is 51.8 Å². The van der Waals surface area contributed by atoms with Gasteiger partial charge < -0.3 is 15.4 Å². The molecule has 6 heteroatoms. The Balaban J connectivity index is 1.80. The van der Waals surface area contributed by atoms with Crippen molar-refractivity contribution in [2.24, 2.45) is 5.41 Å². The summed E-state index contributed by atoms with van der Waals surface area (Å²) in [6, 6.07) is 5.47. The predicted molar refractivity (Wildman–Crippen MR) is 90.9 cm³/mol. The monoisotopic (exact) mass is 344 g/mol. The molecule has 2 N–H and O–H groups in total. The molecule has 122 valence electrons. The smallest absolute Gasteiger partial charge is 0.407 e. The van der Waals surface area contributed by atoms with Crippen LogP contribution in [-0.4, -0.2) is 24.8 Å². The van der Waals surface area contributed by atoms with Gasteiger partial charge in [0.2, 0.25) is 0 Å². The highest BCUT2D eigenvalue weighted by Crippen LogP contribution is 2.45. The van der Waals surface area contributed by atoms with Gasteiger partial charge in [-0.3, -0.25) is 0 Å².